The van der Waals surface area contributed by atoms with Gasteiger partial charge >= 0.3 is 0 Å². The van der Waals surface area contributed by atoms with Crippen LogP contribution in [0.5, 0.6) is 0 Å². The Morgan fingerprint density at radius 1 is 0.889 bits per heavy atom. The molecule has 100 valence electrons. The van der Waals surface area contributed by atoms with E-state index in [1.807, 2.05) is 0 Å². The number of hydrogen-bond acceptors (Lipinski definition) is 3. The highest BCUT2D eigenvalue weighted by molar-refractivity contribution is 5.85. The van der Waals surface area contributed by atoms with Gasteiger partial charge in [0.1, 0.15) is 0 Å². The first-order valence-corrected chi connectivity index (χ1v) is 7.08. The predicted molar refractivity (Wildman–Crippen MR) is 71.6 cm³/mol. The molecule has 0 aliphatic rings. The molecule has 3 nitrogen and oxygen atoms in total. The molecule has 0 atom stereocenters. The van der Waals surface area contributed by atoms with Gasteiger partial charge in [-0.25, -0.2) is 0 Å². The molecule has 0 saturated heterocycles. The van der Waals surface area contributed by atoms with Crippen molar-refractivity contribution in [2.45, 2.75) is 71.1 Å². The monoisotopic (exact) mass is 248 g/mol. The number of rotatable bonds is 11. The van der Waals surface area contributed by atoms with Crippen LogP contribution in [-0.2, 0) is 4.79 Å². The summed E-state index contributed by atoms with van der Waals surface area (Å²) in [7, 11) is 0. The van der Waals surface area contributed by atoms with Crippen LogP contribution in [0.3, 0.4) is 0 Å². The molecule has 0 N–H and O–H groups in total. The number of carbonyl (C=O) groups is 1. The Labute approximate surface area is 111 Å². The average Bonchev–Trinajstić information content (AvgIpc) is 2.38. The molecular weight excluding hydrogens is 224 g/mol. The molecule has 0 fully saturated rings. The van der Waals surface area contributed by atoms with Gasteiger partial charge in [0.2, 0.25) is 0 Å². The zero-order valence-corrected chi connectivity index (χ0v) is 11.5. The van der Waals surface area contributed by atoms with Crippen molar-refractivity contribution in [3.63, 3.8) is 0 Å². The van der Waals surface area contributed by atoms with E-state index in [2.05, 4.69) is 6.92 Å². The van der Waals surface area contributed by atoms with Crippen LogP contribution in [0.2, 0.25) is 0 Å². The molecule has 0 aliphatic carbocycles. The number of nitrogens with zero attached hydrogens (tertiary/aromatic N) is 2. The normalized spacial score (nSPS) is 10.0. The fourth-order valence-electron chi connectivity index (χ4n) is 1.93. The van der Waals surface area contributed by atoms with Crippen molar-refractivity contribution >= 4 is 5.78 Å². The summed E-state index contributed by atoms with van der Waals surface area (Å²) in [6, 6.07) is 3.44. The topological polar surface area (TPSA) is 64.7 Å². The van der Waals surface area contributed by atoms with E-state index in [0.29, 0.717) is 6.42 Å². The summed E-state index contributed by atoms with van der Waals surface area (Å²) in [5.74, 6) is -1.28. The fraction of sp³-hybridized carbons (Fsp3) is 0.800. The van der Waals surface area contributed by atoms with Crippen molar-refractivity contribution in [3.05, 3.63) is 0 Å². The standard InChI is InChI=1S/C15H24N2O/c1-2-3-4-5-6-7-8-9-10-11-15(18)14(12-16)13-17/h14H,2-11H2,1H3. The van der Waals surface area contributed by atoms with Crippen molar-refractivity contribution < 1.29 is 4.79 Å². The number of carbonyl (C=O) groups excluding carboxylic acids is 1. The van der Waals surface area contributed by atoms with Crippen molar-refractivity contribution in [2.75, 3.05) is 0 Å². The molecule has 0 aromatic rings. The largest absolute Gasteiger partial charge is 0.297 e. The molecule has 0 bridgehead atoms. The summed E-state index contributed by atoms with van der Waals surface area (Å²) in [5, 5.41) is 17.1. The van der Waals surface area contributed by atoms with E-state index in [9.17, 15) is 4.79 Å². The van der Waals surface area contributed by atoms with Gasteiger partial charge in [0.15, 0.2) is 11.7 Å². The second kappa shape index (κ2) is 12.1. The van der Waals surface area contributed by atoms with Crippen LogP contribution >= 0.6 is 0 Å². The van der Waals surface area contributed by atoms with Crippen molar-refractivity contribution in [3.8, 4) is 12.1 Å². The lowest BCUT2D eigenvalue weighted by atomic mass is 10.0. The van der Waals surface area contributed by atoms with Crippen LogP contribution in [0, 0.1) is 28.6 Å². The quantitative estimate of drug-likeness (QED) is 0.516. The van der Waals surface area contributed by atoms with E-state index in [1.165, 1.54) is 38.5 Å². The second-order valence-corrected chi connectivity index (χ2v) is 4.74. The summed E-state index contributed by atoms with van der Waals surface area (Å²) in [6.45, 7) is 2.22. The molecule has 0 aliphatic heterocycles. The highest BCUT2D eigenvalue weighted by Gasteiger charge is 2.15. The average molecular weight is 248 g/mol. The van der Waals surface area contributed by atoms with Gasteiger partial charge in [-0.05, 0) is 6.42 Å². The molecule has 18 heavy (non-hydrogen) atoms. The van der Waals surface area contributed by atoms with Gasteiger partial charge in [0, 0.05) is 6.42 Å². The second-order valence-electron chi connectivity index (χ2n) is 4.74. The van der Waals surface area contributed by atoms with Crippen molar-refractivity contribution in [1.82, 2.24) is 0 Å². The molecule has 0 unspecified atom stereocenters. The van der Waals surface area contributed by atoms with Gasteiger partial charge in [-0.1, -0.05) is 58.3 Å². The van der Waals surface area contributed by atoms with Crippen LogP contribution in [0.4, 0.5) is 0 Å². The van der Waals surface area contributed by atoms with Crippen LogP contribution in [-0.4, -0.2) is 5.78 Å². The molecule has 3 heteroatoms. The minimum absolute atomic E-state index is 0.219. The Hall–Kier alpha value is -1.35. The lowest BCUT2D eigenvalue weighted by molar-refractivity contribution is -0.120. The molecular formula is C15H24N2O. The van der Waals surface area contributed by atoms with Gasteiger partial charge in [-0.3, -0.25) is 4.79 Å². The summed E-state index contributed by atoms with van der Waals surface area (Å²) in [4.78, 5) is 11.4. The third kappa shape index (κ3) is 8.76. The van der Waals surface area contributed by atoms with Crippen molar-refractivity contribution in [1.29, 1.82) is 10.5 Å². The Bertz CT molecular complexity index is 285. The van der Waals surface area contributed by atoms with Gasteiger partial charge in [-0.2, -0.15) is 10.5 Å². The zero-order valence-electron chi connectivity index (χ0n) is 11.5. The number of unbranched alkanes of at least 4 members (excludes halogenated alkanes) is 8. The lowest BCUT2D eigenvalue weighted by Crippen LogP contribution is -2.09. The van der Waals surface area contributed by atoms with Crippen LogP contribution < -0.4 is 0 Å². The van der Waals surface area contributed by atoms with Gasteiger partial charge < -0.3 is 0 Å². The maximum Gasteiger partial charge on any atom is 0.191 e. The molecule has 0 radical (unpaired) electrons. The van der Waals surface area contributed by atoms with E-state index in [4.69, 9.17) is 10.5 Å². The molecule has 0 amide bonds. The van der Waals surface area contributed by atoms with Crippen molar-refractivity contribution in [2.24, 2.45) is 5.92 Å². The Morgan fingerprint density at radius 3 is 1.78 bits per heavy atom. The minimum Gasteiger partial charge on any atom is -0.297 e. The number of ketones is 1. The van der Waals surface area contributed by atoms with Gasteiger partial charge in [-0.15, -0.1) is 0 Å². The first-order chi connectivity index (χ1) is 8.76. The Kier molecular flexibility index (Phi) is 11.2. The zero-order chi connectivity index (χ0) is 13.6. The number of hydrogen-bond donors (Lipinski definition) is 0. The van der Waals surface area contributed by atoms with Crippen LogP contribution in [0.25, 0.3) is 0 Å². The SMILES string of the molecule is CCCCCCCCCCCC(=O)C(C#N)C#N. The van der Waals surface area contributed by atoms with E-state index in [0.717, 1.165) is 19.3 Å². The molecule has 0 aromatic carbocycles. The van der Waals surface area contributed by atoms with E-state index in [-0.39, 0.29) is 5.78 Å². The lowest BCUT2D eigenvalue weighted by Gasteiger charge is -2.02. The maximum atomic E-state index is 11.4. The highest BCUT2D eigenvalue weighted by atomic mass is 16.1. The summed E-state index contributed by atoms with van der Waals surface area (Å²) in [5.41, 5.74) is 0. The first kappa shape index (κ1) is 16.6. The Morgan fingerprint density at radius 2 is 1.33 bits per heavy atom. The van der Waals surface area contributed by atoms with E-state index < -0.39 is 5.92 Å². The third-order valence-corrected chi connectivity index (χ3v) is 3.11. The van der Waals surface area contributed by atoms with Gasteiger partial charge in [0.05, 0.1) is 12.1 Å². The molecule has 0 heterocycles. The van der Waals surface area contributed by atoms with E-state index >= 15 is 0 Å². The number of nitriles is 2. The molecule has 0 aromatic heterocycles. The predicted octanol–water partition coefficient (Wildman–Crippen LogP) is 4.14. The highest BCUT2D eigenvalue weighted by Crippen LogP contribution is 2.11. The van der Waals surface area contributed by atoms with Gasteiger partial charge in [0.25, 0.3) is 0 Å². The van der Waals surface area contributed by atoms with Crippen LogP contribution in [0.15, 0.2) is 0 Å². The summed E-state index contributed by atoms with van der Waals surface area (Å²) >= 11 is 0. The first-order valence-electron chi connectivity index (χ1n) is 7.08. The fourth-order valence-corrected chi connectivity index (χ4v) is 1.93. The van der Waals surface area contributed by atoms with Crippen LogP contribution in [0.1, 0.15) is 71.1 Å². The molecule has 0 saturated carbocycles. The molecule has 0 spiro atoms. The Balaban J connectivity index is 3.34. The third-order valence-electron chi connectivity index (χ3n) is 3.11. The summed E-state index contributed by atoms with van der Waals surface area (Å²) in [6.07, 6.45) is 11.2. The molecule has 0 rings (SSSR count). The maximum absolute atomic E-state index is 11.4. The smallest absolute Gasteiger partial charge is 0.191 e. The van der Waals surface area contributed by atoms with E-state index in [1.54, 1.807) is 12.1 Å². The summed E-state index contributed by atoms with van der Waals surface area (Å²) < 4.78 is 0. The number of Topliss-reactive ketones (excluding diaryl/α,β-unsaturated/α-hetero) is 1. The minimum atomic E-state index is -1.06.